The zero-order valence-electron chi connectivity index (χ0n) is 20.8. The molecule has 1 atom stereocenters. The van der Waals surface area contributed by atoms with Crippen LogP contribution in [0.2, 0.25) is 0 Å². The first kappa shape index (κ1) is 24.0. The van der Waals surface area contributed by atoms with Gasteiger partial charge in [-0.15, -0.1) is 0 Å². The highest BCUT2D eigenvalue weighted by Gasteiger charge is 2.41. The van der Waals surface area contributed by atoms with E-state index >= 15 is 0 Å². The smallest absolute Gasteiger partial charge is 0.222 e. The third-order valence-electron chi connectivity index (χ3n) is 8.67. The molecule has 0 aromatic heterocycles. The lowest BCUT2D eigenvalue weighted by Crippen LogP contribution is -2.48. The van der Waals surface area contributed by atoms with Crippen molar-refractivity contribution >= 4 is 11.6 Å². The van der Waals surface area contributed by atoms with Crippen molar-refractivity contribution in [2.45, 2.75) is 51.0 Å². The molecule has 3 heterocycles. The number of halogens is 1. The Hall–Kier alpha value is -1.70. The van der Waals surface area contributed by atoms with Crippen LogP contribution < -0.4 is 4.90 Å². The molecule has 1 saturated carbocycles. The van der Waals surface area contributed by atoms with Gasteiger partial charge in [-0.1, -0.05) is 0 Å². The normalized spacial score (nSPS) is 26.6. The Balaban J connectivity index is 1.10. The van der Waals surface area contributed by atoms with E-state index in [-0.39, 0.29) is 11.2 Å². The predicted octanol–water partition coefficient (Wildman–Crippen LogP) is 3.42. The van der Waals surface area contributed by atoms with Crippen molar-refractivity contribution in [3.05, 3.63) is 30.1 Å². The minimum absolute atomic E-state index is 0.174. The number of benzene rings is 1. The maximum absolute atomic E-state index is 13.2. The Morgan fingerprint density at radius 3 is 2.44 bits per heavy atom. The molecule has 4 fully saturated rings. The van der Waals surface area contributed by atoms with E-state index in [1.54, 1.807) is 12.1 Å². The van der Waals surface area contributed by atoms with Crippen LogP contribution in [-0.2, 0) is 9.53 Å². The molecule has 5 rings (SSSR count). The number of hydrogen-bond acceptors (Lipinski definition) is 5. The van der Waals surface area contributed by atoms with Gasteiger partial charge in [-0.25, -0.2) is 4.39 Å². The number of piperazine rings is 1. The molecule has 0 unspecified atom stereocenters. The van der Waals surface area contributed by atoms with Crippen LogP contribution in [0.25, 0.3) is 0 Å². The number of likely N-dealkylation sites (tertiary alicyclic amines) is 1. The molecular formula is C27H41FN4O2. The lowest BCUT2D eigenvalue weighted by molar-refractivity contribution is -0.134. The summed E-state index contributed by atoms with van der Waals surface area (Å²) >= 11 is 0. The first-order valence-corrected chi connectivity index (χ1v) is 13.3. The maximum Gasteiger partial charge on any atom is 0.222 e. The van der Waals surface area contributed by atoms with Gasteiger partial charge in [0, 0.05) is 57.4 Å². The lowest BCUT2D eigenvalue weighted by atomic mass is 9.73. The summed E-state index contributed by atoms with van der Waals surface area (Å²) in [4.78, 5) is 22.0. The number of carbonyl (C=O) groups excluding carboxylic acids is 1. The van der Waals surface area contributed by atoms with Crippen molar-refractivity contribution in [3.8, 4) is 0 Å². The van der Waals surface area contributed by atoms with Gasteiger partial charge in [0.15, 0.2) is 0 Å². The fraction of sp³-hybridized carbons (Fsp3) is 0.741. The molecule has 0 N–H and O–H groups in total. The third-order valence-corrected chi connectivity index (χ3v) is 8.67. The van der Waals surface area contributed by atoms with E-state index in [1.807, 2.05) is 12.1 Å². The molecule has 1 spiro atoms. The number of anilines is 1. The zero-order chi connectivity index (χ0) is 23.5. The molecule has 188 valence electrons. The number of ether oxygens (including phenoxy) is 1. The van der Waals surface area contributed by atoms with Crippen LogP contribution in [0.15, 0.2) is 24.3 Å². The van der Waals surface area contributed by atoms with Gasteiger partial charge in [0.2, 0.25) is 5.91 Å². The summed E-state index contributed by atoms with van der Waals surface area (Å²) in [7, 11) is 2.20. The minimum atomic E-state index is -0.174. The van der Waals surface area contributed by atoms with Gasteiger partial charge in [-0.3, -0.25) is 14.6 Å². The predicted molar refractivity (Wildman–Crippen MR) is 132 cm³/mol. The number of hydrogen-bond donors (Lipinski definition) is 0. The van der Waals surface area contributed by atoms with Crippen molar-refractivity contribution in [1.29, 1.82) is 0 Å². The number of nitrogens with zero attached hydrogens (tertiary/aromatic N) is 4. The summed E-state index contributed by atoms with van der Waals surface area (Å²) in [6.07, 6.45) is 7.73. The number of piperidine rings is 1. The second-order valence-corrected chi connectivity index (χ2v) is 11.2. The Bertz CT molecular complexity index is 814. The quantitative estimate of drug-likeness (QED) is 0.635. The highest BCUT2D eigenvalue weighted by atomic mass is 19.1. The maximum atomic E-state index is 13.2. The topological polar surface area (TPSA) is 39.3 Å². The van der Waals surface area contributed by atoms with Gasteiger partial charge < -0.3 is 14.5 Å². The fourth-order valence-corrected chi connectivity index (χ4v) is 6.04. The van der Waals surface area contributed by atoms with Crippen LogP contribution in [0.3, 0.4) is 0 Å². The molecule has 1 aliphatic carbocycles. The van der Waals surface area contributed by atoms with Gasteiger partial charge in [0.1, 0.15) is 5.82 Å². The average molecular weight is 473 g/mol. The molecule has 7 heteroatoms. The number of amides is 1. The Morgan fingerprint density at radius 1 is 1.06 bits per heavy atom. The molecular weight excluding hydrogens is 431 g/mol. The van der Waals surface area contributed by atoms with Crippen molar-refractivity contribution in [3.63, 3.8) is 0 Å². The van der Waals surface area contributed by atoms with Crippen molar-refractivity contribution in [2.75, 3.05) is 71.1 Å². The summed E-state index contributed by atoms with van der Waals surface area (Å²) in [5.41, 5.74) is 1.33. The van der Waals surface area contributed by atoms with E-state index in [0.29, 0.717) is 24.6 Å². The van der Waals surface area contributed by atoms with E-state index in [9.17, 15) is 9.18 Å². The third kappa shape index (κ3) is 5.92. The van der Waals surface area contributed by atoms with Crippen LogP contribution in [-0.4, -0.2) is 92.8 Å². The van der Waals surface area contributed by atoms with E-state index in [0.717, 1.165) is 83.8 Å². The monoisotopic (exact) mass is 472 g/mol. The summed E-state index contributed by atoms with van der Waals surface area (Å²) in [6.45, 7) is 8.51. The molecule has 3 aliphatic heterocycles. The number of carbonyl (C=O) groups is 1. The molecule has 4 aliphatic rings. The highest BCUT2D eigenvalue weighted by Crippen LogP contribution is 2.41. The number of rotatable bonds is 6. The van der Waals surface area contributed by atoms with Crippen molar-refractivity contribution in [1.82, 2.24) is 14.7 Å². The largest absolute Gasteiger partial charge is 0.369 e. The van der Waals surface area contributed by atoms with Gasteiger partial charge in [-0.2, -0.15) is 0 Å². The fourth-order valence-electron chi connectivity index (χ4n) is 6.04. The van der Waals surface area contributed by atoms with Crippen LogP contribution in [0.5, 0.6) is 0 Å². The molecule has 0 bridgehead atoms. The average Bonchev–Trinajstić information content (AvgIpc) is 3.68. The molecule has 6 nitrogen and oxygen atoms in total. The van der Waals surface area contributed by atoms with Crippen LogP contribution in [0.4, 0.5) is 10.1 Å². The van der Waals surface area contributed by atoms with Crippen molar-refractivity contribution in [2.24, 2.45) is 11.3 Å². The zero-order valence-corrected chi connectivity index (χ0v) is 20.8. The second kappa shape index (κ2) is 10.5. The van der Waals surface area contributed by atoms with Crippen LogP contribution in [0.1, 0.15) is 44.9 Å². The summed E-state index contributed by atoms with van der Waals surface area (Å²) in [5.74, 6) is 0.868. The van der Waals surface area contributed by atoms with Gasteiger partial charge in [0.25, 0.3) is 0 Å². The van der Waals surface area contributed by atoms with E-state index in [4.69, 9.17) is 4.74 Å². The molecule has 3 saturated heterocycles. The summed E-state index contributed by atoms with van der Waals surface area (Å²) in [6, 6.07) is 7.39. The molecule has 1 amide bonds. The molecule has 1 aromatic rings. The first-order valence-electron chi connectivity index (χ1n) is 13.3. The van der Waals surface area contributed by atoms with Gasteiger partial charge >= 0.3 is 0 Å². The SMILES string of the molecule is CN1COCC2(CCN(C(=O)CC3CC3)CC2)C[C@@H]1CCN1CCN(c2ccc(F)cc2)CC1. The van der Waals surface area contributed by atoms with Crippen LogP contribution >= 0.6 is 0 Å². The Morgan fingerprint density at radius 2 is 1.76 bits per heavy atom. The van der Waals surface area contributed by atoms with E-state index in [2.05, 4.69) is 26.6 Å². The van der Waals surface area contributed by atoms with Gasteiger partial charge in [0.05, 0.1) is 13.3 Å². The first-order chi connectivity index (χ1) is 16.5. The lowest BCUT2D eigenvalue weighted by Gasteiger charge is -2.43. The Kier molecular flexibility index (Phi) is 7.42. The summed E-state index contributed by atoms with van der Waals surface area (Å²) < 4.78 is 19.4. The van der Waals surface area contributed by atoms with Crippen molar-refractivity contribution < 1.29 is 13.9 Å². The van der Waals surface area contributed by atoms with Crippen LogP contribution in [0, 0.1) is 17.2 Å². The minimum Gasteiger partial charge on any atom is -0.369 e. The molecule has 34 heavy (non-hydrogen) atoms. The van der Waals surface area contributed by atoms with Gasteiger partial charge in [-0.05, 0) is 87.7 Å². The molecule has 0 radical (unpaired) electrons. The van der Waals surface area contributed by atoms with E-state index < -0.39 is 0 Å². The summed E-state index contributed by atoms with van der Waals surface area (Å²) in [5, 5.41) is 0. The Labute approximate surface area is 204 Å². The standard InChI is InChI=1S/C27H41FN4O2/c1-29-21-34-20-27(9-12-32(13-10-27)26(33)18-22-2-3-22)19-25(29)8-11-30-14-16-31(17-15-30)24-6-4-23(28)5-7-24/h4-7,22,25H,2-3,8-21H2,1H3/t25-/m0/s1. The highest BCUT2D eigenvalue weighted by molar-refractivity contribution is 5.76. The second-order valence-electron chi connectivity index (χ2n) is 11.2. The molecule has 1 aromatic carbocycles. The van der Waals surface area contributed by atoms with E-state index in [1.165, 1.54) is 19.3 Å².